The summed E-state index contributed by atoms with van der Waals surface area (Å²) in [5.41, 5.74) is 0.820. The van der Waals surface area contributed by atoms with Crippen LogP contribution in [0.5, 0.6) is 0 Å². The second kappa shape index (κ2) is 3.27. The lowest BCUT2D eigenvalue weighted by atomic mass is 10.1. The van der Waals surface area contributed by atoms with Gasteiger partial charge in [0.2, 0.25) is 5.56 Å². The van der Waals surface area contributed by atoms with Crippen LogP contribution in [0.3, 0.4) is 0 Å². The fourth-order valence-electron chi connectivity index (χ4n) is 1.36. The van der Waals surface area contributed by atoms with Gasteiger partial charge in [0.15, 0.2) is 0 Å². The van der Waals surface area contributed by atoms with Gasteiger partial charge in [0.25, 0.3) is 5.24 Å². The zero-order chi connectivity index (χ0) is 10.1. The van der Waals surface area contributed by atoms with Gasteiger partial charge in [0.1, 0.15) is 0 Å². The number of hydrogen-bond donors (Lipinski definition) is 1. The molecule has 1 aromatic heterocycles. The van der Waals surface area contributed by atoms with Gasteiger partial charge >= 0.3 is 0 Å². The normalized spacial score (nSPS) is 10.4. The molecule has 0 saturated heterocycles. The number of nitrogens with one attached hydrogen (secondary N) is 1. The summed E-state index contributed by atoms with van der Waals surface area (Å²) < 4.78 is 0. The summed E-state index contributed by atoms with van der Waals surface area (Å²) in [4.78, 5) is 24.6. The molecule has 1 aromatic carbocycles. The molecular formula is C10H6ClNO2. The molecule has 0 aliphatic heterocycles. The predicted molar refractivity (Wildman–Crippen MR) is 54.8 cm³/mol. The van der Waals surface area contributed by atoms with Crippen LogP contribution in [0.1, 0.15) is 10.4 Å². The van der Waals surface area contributed by atoms with Crippen molar-refractivity contribution in [2.24, 2.45) is 0 Å². The van der Waals surface area contributed by atoms with Crippen LogP contribution >= 0.6 is 11.6 Å². The molecule has 0 atom stereocenters. The maximum Gasteiger partial charge on any atom is 0.253 e. The number of aromatic nitrogens is 1. The Morgan fingerprint density at radius 1 is 1.21 bits per heavy atom. The average Bonchev–Trinajstić information content (AvgIpc) is 2.16. The van der Waals surface area contributed by atoms with E-state index in [1.165, 1.54) is 6.07 Å². The zero-order valence-corrected chi connectivity index (χ0v) is 7.84. The summed E-state index contributed by atoms with van der Waals surface area (Å²) >= 11 is 5.39. The third-order valence-electron chi connectivity index (χ3n) is 1.98. The van der Waals surface area contributed by atoms with Crippen molar-refractivity contribution in [1.29, 1.82) is 0 Å². The van der Waals surface area contributed by atoms with Gasteiger partial charge in [-0.2, -0.15) is 0 Å². The molecule has 0 unspecified atom stereocenters. The van der Waals surface area contributed by atoms with Crippen molar-refractivity contribution in [3.8, 4) is 0 Å². The molecule has 70 valence electrons. The van der Waals surface area contributed by atoms with Crippen molar-refractivity contribution < 1.29 is 4.79 Å². The molecule has 2 aromatic rings. The van der Waals surface area contributed by atoms with Crippen molar-refractivity contribution in [3.05, 3.63) is 46.2 Å². The summed E-state index contributed by atoms with van der Waals surface area (Å²) in [5, 5.41) is 0.134. The number of H-pyrrole nitrogens is 1. The molecule has 0 saturated carbocycles. The Labute approximate surface area is 84.3 Å². The van der Waals surface area contributed by atoms with E-state index in [0.29, 0.717) is 16.5 Å². The first-order chi connectivity index (χ1) is 6.68. The van der Waals surface area contributed by atoms with Gasteiger partial charge in [-0.25, -0.2) is 0 Å². The van der Waals surface area contributed by atoms with Crippen LogP contribution in [-0.2, 0) is 0 Å². The highest BCUT2D eigenvalue weighted by Crippen LogP contribution is 2.16. The minimum Gasteiger partial charge on any atom is -0.322 e. The van der Waals surface area contributed by atoms with Crippen molar-refractivity contribution in [2.75, 3.05) is 0 Å². The Hall–Kier alpha value is -1.61. The number of pyridine rings is 1. The second-order valence-electron chi connectivity index (χ2n) is 2.86. The highest BCUT2D eigenvalue weighted by atomic mass is 35.5. The lowest BCUT2D eigenvalue weighted by Crippen LogP contribution is -2.03. The molecule has 1 N–H and O–H groups in total. The van der Waals surface area contributed by atoms with E-state index >= 15 is 0 Å². The van der Waals surface area contributed by atoms with E-state index in [1.54, 1.807) is 24.3 Å². The van der Waals surface area contributed by atoms with Gasteiger partial charge in [-0.05, 0) is 29.8 Å². The molecule has 0 radical (unpaired) electrons. The summed E-state index contributed by atoms with van der Waals surface area (Å²) in [6, 6.07) is 7.97. The Kier molecular flexibility index (Phi) is 2.09. The largest absolute Gasteiger partial charge is 0.322 e. The number of hydrogen-bond acceptors (Lipinski definition) is 2. The average molecular weight is 208 g/mol. The fourth-order valence-corrected chi connectivity index (χ4v) is 1.52. The van der Waals surface area contributed by atoms with E-state index in [1.807, 2.05) is 0 Å². The molecule has 0 fully saturated rings. The lowest BCUT2D eigenvalue weighted by Gasteiger charge is -2.00. The molecule has 0 aliphatic carbocycles. The lowest BCUT2D eigenvalue weighted by molar-refractivity contribution is 0.108. The maximum atomic E-state index is 11.0. The highest BCUT2D eigenvalue weighted by molar-refractivity contribution is 6.68. The standard InChI is InChI=1S/C10H6ClNO2/c11-10(14)7-2-1-3-8-6(7)4-5-9(13)12-8/h1-5H,(H,12,13). The van der Waals surface area contributed by atoms with E-state index in [2.05, 4.69) is 4.98 Å². The van der Waals surface area contributed by atoms with Crippen molar-refractivity contribution >= 4 is 27.7 Å². The fraction of sp³-hybridized carbons (Fsp3) is 0. The first-order valence-electron chi connectivity index (χ1n) is 4.00. The van der Waals surface area contributed by atoms with Crippen LogP contribution in [0.4, 0.5) is 0 Å². The van der Waals surface area contributed by atoms with E-state index in [0.717, 1.165) is 0 Å². The van der Waals surface area contributed by atoms with Gasteiger partial charge < -0.3 is 4.98 Å². The first-order valence-corrected chi connectivity index (χ1v) is 4.38. The minimum absolute atomic E-state index is 0.198. The van der Waals surface area contributed by atoms with Crippen molar-refractivity contribution in [2.45, 2.75) is 0 Å². The SMILES string of the molecule is O=C(Cl)c1cccc2[nH]c(=O)ccc12. The van der Waals surface area contributed by atoms with Crippen LogP contribution in [0.15, 0.2) is 35.1 Å². The second-order valence-corrected chi connectivity index (χ2v) is 3.21. The third-order valence-corrected chi connectivity index (χ3v) is 2.18. The smallest absolute Gasteiger partial charge is 0.253 e. The maximum absolute atomic E-state index is 11.0. The number of carbonyl (C=O) groups excluding carboxylic acids is 1. The van der Waals surface area contributed by atoms with Gasteiger partial charge in [-0.15, -0.1) is 0 Å². The molecule has 2 rings (SSSR count). The van der Waals surface area contributed by atoms with Crippen LogP contribution < -0.4 is 5.56 Å². The Morgan fingerprint density at radius 3 is 2.71 bits per heavy atom. The zero-order valence-electron chi connectivity index (χ0n) is 7.08. The number of carbonyl (C=O) groups is 1. The molecule has 4 heteroatoms. The summed E-state index contributed by atoms with van der Waals surface area (Å²) in [6.07, 6.45) is 0. The number of rotatable bonds is 1. The summed E-state index contributed by atoms with van der Waals surface area (Å²) in [5.74, 6) is 0. The summed E-state index contributed by atoms with van der Waals surface area (Å²) in [7, 11) is 0. The van der Waals surface area contributed by atoms with Crippen molar-refractivity contribution in [3.63, 3.8) is 0 Å². The van der Waals surface area contributed by atoms with Crippen LogP contribution in [0.25, 0.3) is 10.9 Å². The molecule has 0 bridgehead atoms. The Bertz CT molecular complexity index is 559. The topological polar surface area (TPSA) is 49.9 Å². The number of halogens is 1. The van der Waals surface area contributed by atoms with Gasteiger partial charge in [-0.3, -0.25) is 9.59 Å². The molecule has 0 spiro atoms. The Morgan fingerprint density at radius 2 is 2.00 bits per heavy atom. The van der Waals surface area contributed by atoms with Crippen LogP contribution in [0.2, 0.25) is 0 Å². The van der Waals surface area contributed by atoms with Gasteiger partial charge in [-0.1, -0.05) is 6.07 Å². The summed E-state index contributed by atoms with van der Waals surface area (Å²) in [6.45, 7) is 0. The third kappa shape index (κ3) is 1.42. The van der Waals surface area contributed by atoms with Gasteiger partial charge in [0.05, 0.1) is 0 Å². The molecular weight excluding hydrogens is 202 g/mol. The van der Waals surface area contributed by atoms with E-state index in [9.17, 15) is 9.59 Å². The number of fused-ring (bicyclic) bond motifs is 1. The minimum atomic E-state index is -0.525. The molecule has 0 aliphatic rings. The molecule has 0 amide bonds. The number of aromatic amines is 1. The quantitative estimate of drug-likeness (QED) is 0.727. The van der Waals surface area contributed by atoms with E-state index < -0.39 is 5.24 Å². The van der Waals surface area contributed by atoms with E-state index in [4.69, 9.17) is 11.6 Å². The van der Waals surface area contributed by atoms with Gasteiger partial charge in [0, 0.05) is 22.5 Å². The van der Waals surface area contributed by atoms with Crippen LogP contribution in [0, 0.1) is 0 Å². The number of benzene rings is 1. The Balaban J connectivity index is 2.88. The highest BCUT2D eigenvalue weighted by Gasteiger charge is 2.06. The monoisotopic (exact) mass is 207 g/mol. The van der Waals surface area contributed by atoms with Crippen LogP contribution in [-0.4, -0.2) is 10.2 Å². The molecule has 1 heterocycles. The molecule has 3 nitrogen and oxygen atoms in total. The van der Waals surface area contributed by atoms with Crippen molar-refractivity contribution in [1.82, 2.24) is 4.98 Å². The van der Waals surface area contributed by atoms with E-state index in [-0.39, 0.29) is 5.56 Å². The predicted octanol–water partition coefficient (Wildman–Crippen LogP) is 1.91. The molecule has 14 heavy (non-hydrogen) atoms. The first kappa shape index (κ1) is 8.97.